The highest BCUT2D eigenvalue weighted by atomic mass is 32.1. The fourth-order valence-electron chi connectivity index (χ4n) is 12.9. The monoisotopic (exact) mass is 1420 g/mol. The predicted octanol–water partition coefficient (Wildman–Crippen LogP) is 22.6. The van der Waals surface area contributed by atoms with Gasteiger partial charge < -0.3 is 33.0 Å². The van der Waals surface area contributed by atoms with Crippen LogP contribution in [-0.2, 0) is 12.7 Å². The van der Waals surface area contributed by atoms with Crippen molar-refractivity contribution in [2.45, 2.75) is 84.4 Å². The Labute approximate surface area is 606 Å². The molecule has 1 fully saturated rings. The average molecular weight is 1420 g/mol. The van der Waals surface area contributed by atoms with E-state index in [4.69, 9.17) is 18.1 Å². The van der Waals surface area contributed by atoms with Gasteiger partial charge in [-0.25, -0.2) is 0 Å². The highest BCUT2D eigenvalue weighted by molar-refractivity contribution is 7.16. The lowest BCUT2D eigenvalue weighted by Crippen LogP contribution is -2.13. The molecule has 9 aromatic heterocycles. The Bertz CT molecular complexity index is 5440. The van der Waals surface area contributed by atoms with Crippen molar-refractivity contribution < 1.29 is 31.3 Å². The number of hydrogen-bond acceptors (Lipinski definition) is 16. The third-order valence-corrected chi connectivity index (χ3v) is 20.3. The number of aryl methyl sites for hydroxylation is 2. The summed E-state index contributed by atoms with van der Waals surface area (Å²) < 4.78 is 63.2. The van der Waals surface area contributed by atoms with Crippen LogP contribution in [0.3, 0.4) is 0 Å². The van der Waals surface area contributed by atoms with Crippen LogP contribution in [0.2, 0.25) is 0 Å². The fourth-order valence-corrected chi connectivity index (χ4v) is 14.8. The molecule has 1 saturated carbocycles. The van der Waals surface area contributed by atoms with Gasteiger partial charge in [0, 0.05) is 96.6 Å². The summed E-state index contributed by atoms with van der Waals surface area (Å²) in [6.07, 6.45) is 11.9. The van der Waals surface area contributed by atoms with E-state index in [-0.39, 0.29) is 17.0 Å². The minimum atomic E-state index is -4.52. The van der Waals surface area contributed by atoms with Crippen molar-refractivity contribution in [3.8, 4) is 112 Å². The molecule has 0 spiro atoms. The molecule has 16 nitrogen and oxygen atoms in total. The number of aromatic nitrogens is 11. The van der Waals surface area contributed by atoms with E-state index in [0.717, 1.165) is 83.8 Å². The molecule has 0 atom stereocenters. The van der Waals surface area contributed by atoms with Crippen molar-refractivity contribution in [1.29, 1.82) is 0 Å². The number of halogens is 3. The zero-order valence-corrected chi connectivity index (χ0v) is 59.4. The molecule has 9 heterocycles. The van der Waals surface area contributed by atoms with Crippen molar-refractivity contribution in [2.75, 3.05) is 14.1 Å². The third kappa shape index (κ3) is 16.4. The second kappa shape index (κ2) is 31.8. The standard InChI is InChI=1S/C24H20F3N3O.2C21H15N3OS.C17H23N3O/c1-30(2)15-16-8-10-18(11-9-16)22-28-23(31-29-22)19-12-13-20(17-6-4-3-5-7-17)21(14-19)24(25,26)27;1-13-17(14-6-3-2-4-7-14)12-19(26-13)21-23-20(24-25-21)16-8-5-9-18-15(16)10-11-22-18;1-13-17(14-5-3-2-4-6-14)12-19(26-13)21-23-20(24-25-21)16-7-8-18-15(11-16)9-10-22-18;1-2-3-4-13-5-7-15(8-6-13)17-19-16(20-21-17)14-9-11-18-12-10-14/h3-14H,15H2,1-2H3;2*2-12,22H,1H3;9-13,15H,2-8H2,1H3. The van der Waals surface area contributed by atoms with Crippen LogP contribution in [0.15, 0.2) is 249 Å². The second-order valence-corrected chi connectivity index (χ2v) is 28.3. The SMILES string of the molecule is CCCCC1CCC(c2nc(-c3ccncc3)no2)CC1.CN(C)Cc1ccc(-c2noc(-c3ccc(-c4ccccc4)c(C(F)(F)F)c3)n2)cc1.Cc1sc(-c2nc(-c3ccc4[nH]ccc4c3)no2)cc1-c1ccccc1.Cc1sc(-c2nc(-c3cccc4[nH]ccc34)no2)cc1-c1ccccc1. The van der Waals surface area contributed by atoms with Crippen LogP contribution in [0.5, 0.6) is 0 Å². The Morgan fingerprint density at radius 3 is 1.64 bits per heavy atom. The van der Waals surface area contributed by atoms with Crippen LogP contribution in [0.1, 0.15) is 84.6 Å². The lowest BCUT2D eigenvalue weighted by molar-refractivity contribution is -0.137. The minimum absolute atomic E-state index is 0.0393. The molecule has 16 aromatic rings. The topological polar surface area (TPSA) is 203 Å². The fraction of sp³-hybridized carbons (Fsp3) is 0.193. The molecular weight excluding hydrogens is 1350 g/mol. The molecule has 522 valence electrons. The van der Waals surface area contributed by atoms with E-state index in [1.165, 1.54) is 83.0 Å². The molecular formula is C83H73F3N12O4S2. The first-order valence-electron chi connectivity index (χ1n) is 34.5. The number of fused-ring (bicyclic) bond motifs is 2. The number of hydrogen-bond donors (Lipinski definition) is 2. The zero-order chi connectivity index (χ0) is 71.5. The van der Waals surface area contributed by atoms with Gasteiger partial charge in [0.05, 0.1) is 15.3 Å². The van der Waals surface area contributed by atoms with Crippen molar-refractivity contribution in [2.24, 2.45) is 5.92 Å². The molecule has 0 aliphatic heterocycles. The van der Waals surface area contributed by atoms with Crippen molar-refractivity contribution in [3.63, 3.8) is 0 Å². The molecule has 0 radical (unpaired) electrons. The van der Waals surface area contributed by atoms with Gasteiger partial charge in [-0.2, -0.15) is 33.1 Å². The van der Waals surface area contributed by atoms with Crippen LogP contribution in [0.25, 0.3) is 134 Å². The number of nitrogens with zero attached hydrogens (tertiary/aromatic N) is 10. The molecule has 0 amide bonds. The number of benzene rings is 7. The number of H-pyrrole nitrogens is 2. The molecule has 1 aliphatic carbocycles. The van der Waals surface area contributed by atoms with Gasteiger partial charge in [-0.1, -0.05) is 180 Å². The highest BCUT2D eigenvalue weighted by Crippen LogP contribution is 2.43. The zero-order valence-electron chi connectivity index (χ0n) is 57.8. The number of nitrogens with one attached hydrogen (secondary N) is 2. The number of rotatable bonds is 16. The molecule has 1 aliphatic rings. The van der Waals surface area contributed by atoms with Crippen LogP contribution in [0, 0.1) is 19.8 Å². The summed E-state index contributed by atoms with van der Waals surface area (Å²) in [5.41, 5.74) is 11.8. The molecule has 21 heteroatoms. The van der Waals surface area contributed by atoms with Crippen LogP contribution < -0.4 is 0 Å². The van der Waals surface area contributed by atoms with E-state index in [9.17, 15) is 13.2 Å². The summed E-state index contributed by atoms with van der Waals surface area (Å²) in [6.45, 7) is 7.30. The maximum absolute atomic E-state index is 13.8. The summed E-state index contributed by atoms with van der Waals surface area (Å²) in [6, 6.07) is 65.2. The maximum atomic E-state index is 13.8. The van der Waals surface area contributed by atoms with E-state index in [0.29, 0.717) is 46.6 Å². The minimum Gasteiger partial charge on any atom is -0.361 e. The van der Waals surface area contributed by atoms with Gasteiger partial charge in [0.15, 0.2) is 0 Å². The first-order chi connectivity index (χ1) is 50.7. The van der Waals surface area contributed by atoms with Crippen LogP contribution in [0.4, 0.5) is 13.2 Å². The smallest absolute Gasteiger partial charge is 0.361 e. The lowest BCUT2D eigenvalue weighted by atomic mass is 9.80. The number of thiophene rings is 2. The number of unbranched alkanes of at least 4 members (excludes halogenated alkanes) is 1. The van der Waals surface area contributed by atoms with Gasteiger partial charge in [-0.15, -0.1) is 22.7 Å². The number of pyridine rings is 1. The molecule has 0 unspecified atom stereocenters. The van der Waals surface area contributed by atoms with E-state index < -0.39 is 11.7 Å². The van der Waals surface area contributed by atoms with Gasteiger partial charge in [0.2, 0.25) is 29.2 Å². The second-order valence-electron chi connectivity index (χ2n) is 25.8. The number of alkyl halides is 3. The quantitative estimate of drug-likeness (QED) is 0.0924. The largest absolute Gasteiger partial charge is 0.417 e. The summed E-state index contributed by atoms with van der Waals surface area (Å²) in [7, 11) is 3.97. The van der Waals surface area contributed by atoms with Gasteiger partial charge in [0.1, 0.15) is 0 Å². The van der Waals surface area contributed by atoms with Crippen molar-refractivity contribution in [3.05, 3.63) is 258 Å². The predicted molar refractivity (Wildman–Crippen MR) is 405 cm³/mol. The molecule has 104 heavy (non-hydrogen) atoms. The van der Waals surface area contributed by atoms with Gasteiger partial charge >= 0.3 is 6.18 Å². The first kappa shape index (κ1) is 69.6. The summed E-state index contributed by atoms with van der Waals surface area (Å²) >= 11 is 3.35. The van der Waals surface area contributed by atoms with E-state index in [2.05, 4.69) is 136 Å². The summed E-state index contributed by atoms with van der Waals surface area (Å²) in [5, 5.41) is 18.7. The maximum Gasteiger partial charge on any atom is 0.417 e. The third-order valence-electron chi connectivity index (χ3n) is 18.3. The van der Waals surface area contributed by atoms with Crippen LogP contribution >= 0.6 is 22.7 Å². The highest BCUT2D eigenvalue weighted by Gasteiger charge is 2.35. The van der Waals surface area contributed by atoms with Gasteiger partial charge in [-0.05, 0) is 171 Å². The van der Waals surface area contributed by atoms with Crippen LogP contribution in [-0.4, -0.2) is 74.5 Å². The Balaban J connectivity index is 0.000000118. The molecule has 0 saturated heterocycles. The van der Waals surface area contributed by atoms with Crippen molar-refractivity contribution >= 4 is 44.5 Å². The normalized spacial score (nSPS) is 13.7. The molecule has 7 aromatic carbocycles. The van der Waals surface area contributed by atoms with Gasteiger partial charge in [-0.3, -0.25) is 4.98 Å². The Morgan fingerprint density at radius 2 is 1.01 bits per heavy atom. The van der Waals surface area contributed by atoms with Crippen molar-refractivity contribution in [1.82, 2.24) is 60.4 Å². The Hall–Kier alpha value is -11.5. The molecule has 2 N–H and O–H groups in total. The Kier molecular flexibility index (Phi) is 21.3. The Morgan fingerprint density at radius 1 is 0.471 bits per heavy atom. The van der Waals surface area contributed by atoms with Gasteiger partial charge in [0.25, 0.3) is 17.7 Å². The summed E-state index contributed by atoms with van der Waals surface area (Å²) in [5.74, 6) is 5.55. The number of aromatic amines is 2. The molecule has 17 rings (SSSR count). The molecule has 0 bridgehead atoms. The van der Waals surface area contributed by atoms with E-state index in [1.807, 2.05) is 130 Å². The lowest BCUT2D eigenvalue weighted by Gasteiger charge is -2.26. The van der Waals surface area contributed by atoms with E-state index >= 15 is 0 Å². The summed E-state index contributed by atoms with van der Waals surface area (Å²) in [4.78, 5) is 35.1. The average Bonchev–Trinajstić information content (AvgIpc) is 1.47. The van der Waals surface area contributed by atoms with E-state index in [1.54, 1.807) is 71.5 Å². The first-order valence-corrected chi connectivity index (χ1v) is 36.1.